The van der Waals surface area contributed by atoms with Crippen LogP contribution in [0.1, 0.15) is 21.5 Å². The minimum Gasteiger partial charge on any atom is -0.493 e. The molecule has 11 heteroatoms. The molecule has 0 aromatic heterocycles. The summed E-state index contributed by atoms with van der Waals surface area (Å²) in [5.74, 6) is -0.0660. The number of ether oxygens (including phenoxy) is 2. The third-order valence-corrected chi connectivity index (χ3v) is 8.53. The molecule has 1 aliphatic rings. The summed E-state index contributed by atoms with van der Waals surface area (Å²) < 4.78 is 26.8. The van der Waals surface area contributed by atoms with Crippen molar-refractivity contribution in [1.82, 2.24) is 0 Å². The average molecular weight is 728 g/mol. The normalized spacial score (nSPS) is 13.9. The molecule has 1 heterocycles. The first kappa shape index (κ1) is 30.0. The van der Waals surface area contributed by atoms with Gasteiger partial charge in [-0.3, -0.25) is 14.5 Å². The molecule has 212 valence electrons. The Hall–Kier alpha value is -3.51. The molecule has 0 atom stereocenters. The largest absolute Gasteiger partial charge is 0.493 e. The van der Waals surface area contributed by atoms with Crippen LogP contribution in [0.3, 0.4) is 0 Å². The zero-order chi connectivity index (χ0) is 29.8. The molecule has 5 rings (SSSR count). The number of carbonyl (C=O) groups is 2. The van der Waals surface area contributed by atoms with Crippen molar-refractivity contribution in [1.29, 1.82) is 0 Å². The van der Waals surface area contributed by atoms with E-state index in [0.29, 0.717) is 54.3 Å². The number of thioether (sulfide) groups is 1. The molecule has 1 N–H and O–H groups in total. The minimum absolute atomic E-state index is 0.313. The number of benzene rings is 4. The van der Waals surface area contributed by atoms with Gasteiger partial charge in [0.25, 0.3) is 11.8 Å². The summed E-state index contributed by atoms with van der Waals surface area (Å²) in [6.07, 6.45) is 1.73. The smallest absolute Gasteiger partial charge is 0.270 e. The summed E-state index contributed by atoms with van der Waals surface area (Å²) in [5.41, 5.74) is 2.94. The summed E-state index contributed by atoms with van der Waals surface area (Å²) in [5, 5.41) is 2.72. The van der Waals surface area contributed by atoms with Crippen molar-refractivity contribution in [2.24, 2.45) is 0 Å². The lowest BCUT2D eigenvalue weighted by molar-refractivity contribution is -0.113. The number of methoxy groups -OCH3 is 1. The number of amides is 2. The van der Waals surface area contributed by atoms with Crippen LogP contribution in [0.2, 0.25) is 0 Å². The fourth-order valence-electron chi connectivity index (χ4n) is 4.06. The predicted molar refractivity (Wildman–Crippen MR) is 176 cm³/mol. The highest BCUT2D eigenvalue weighted by Crippen LogP contribution is 2.40. The van der Waals surface area contributed by atoms with Gasteiger partial charge in [-0.05, 0) is 99.9 Å². The van der Waals surface area contributed by atoms with Crippen LogP contribution in [0.4, 0.5) is 15.8 Å². The second-order valence-electron chi connectivity index (χ2n) is 8.98. The molecule has 0 radical (unpaired) electrons. The number of hydrogen-bond acceptors (Lipinski definition) is 6. The summed E-state index contributed by atoms with van der Waals surface area (Å²) >= 11 is 13.7. The number of carbonyl (C=O) groups excluding carboxylic acids is 2. The van der Waals surface area contributed by atoms with E-state index in [-0.39, 0.29) is 5.91 Å². The Bertz CT molecular complexity index is 1710. The van der Waals surface area contributed by atoms with Gasteiger partial charge < -0.3 is 14.8 Å². The van der Waals surface area contributed by atoms with Crippen LogP contribution in [-0.2, 0) is 11.4 Å². The van der Waals surface area contributed by atoms with Gasteiger partial charge in [-0.25, -0.2) is 4.39 Å². The first-order chi connectivity index (χ1) is 20.2. The summed E-state index contributed by atoms with van der Waals surface area (Å²) in [4.78, 5) is 28.1. The van der Waals surface area contributed by atoms with Gasteiger partial charge in [0.2, 0.25) is 0 Å². The van der Waals surface area contributed by atoms with Crippen LogP contribution in [0.15, 0.2) is 98.8 Å². The molecule has 2 amide bonds. The molecule has 0 saturated carbocycles. The van der Waals surface area contributed by atoms with Crippen molar-refractivity contribution < 1.29 is 23.5 Å². The monoisotopic (exact) mass is 726 g/mol. The molecule has 1 saturated heterocycles. The lowest BCUT2D eigenvalue weighted by atomic mass is 10.1. The molecular weight excluding hydrogens is 707 g/mol. The first-order valence-electron chi connectivity index (χ1n) is 12.4. The molecule has 4 aromatic carbocycles. The van der Waals surface area contributed by atoms with Crippen LogP contribution in [0, 0.1) is 5.82 Å². The van der Waals surface area contributed by atoms with E-state index in [1.165, 1.54) is 29.2 Å². The molecule has 0 unspecified atom stereocenters. The van der Waals surface area contributed by atoms with Gasteiger partial charge in [-0.1, -0.05) is 58.1 Å². The third kappa shape index (κ3) is 6.92. The van der Waals surface area contributed by atoms with Crippen molar-refractivity contribution in [3.05, 3.63) is 121 Å². The summed E-state index contributed by atoms with van der Waals surface area (Å²) in [6.45, 7) is 0.348. The molecular formula is C31H21Br2FN2O4S2. The van der Waals surface area contributed by atoms with Gasteiger partial charge in [0.15, 0.2) is 15.8 Å². The third-order valence-electron chi connectivity index (χ3n) is 6.11. The summed E-state index contributed by atoms with van der Waals surface area (Å²) in [6, 6.07) is 23.5. The number of anilines is 2. The Morgan fingerprint density at radius 2 is 1.79 bits per heavy atom. The maximum atomic E-state index is 13.5. The minimum atomic E-state index is -0.399. The number of nitrogens with one attached hydrogen (secondary N) is 1. The number of rotatable bonds is 8. The van der Waals surface area contributed by atoms with Gasteiger partial charge in [-0.2, -0.15) is 0 Å². The lowest BCUT2D eigenvalue weighted by Crippen LogP contribution is -2.27. The highest BCUT2D eigenvalue weighted by molar-refractivity contribution is 9.10. The Morgan fingerprint density at radius 3 is 2.50 bits per heavy atom. The highest BCUT2D eigenvalue weighted by Gasteiger charge is 2.33. The summed E-state index contributed by atoms with van der Waals surface area (Å²) in [7, 11) is 1.55. The van der Waals surface area contributed by atoms with Crippen LogP contribution in [0.5, 0.6) is 11.5 Å². The Balaban J connectivity index is 1.34. The number of hydrogen-bond donors (Lipinski definition) is 1. The second kappa shape index (κ2) is 13.2. The van der Waals surface area contributed by atoms with E-state index in [1.807, 2.05) is 30.3 Å². The maximum absolute atomic E-state index is 13.5. The van der Waals surface area contributed by atoms with Crippen molar-refractivity contribution in [3.8, 4) is 11.5 Å². The Morgan fingerprint density at radius 1 is 1.05 bits per heavy atom. The van der Waals surface area contributed by atoms with E-state index in [4.69, 9.17) is 21.7 Å². The second-order valence-corrected chi connectivity index (χ2v) is 12.4. The molecule has 42 heavy (non-hydrogen) atoms. The molecule has 0 aliphatic carbocycles. The van der Waals surface area contributed by atoms with E-state index in [0.717, 1.165) is 21.8 Å². The molecule has 1 aliphatic heterocycles. The fraction of sp³-hybridized carbons (Fsp3) is 0.0645. The average Bonchev–Trinajstić information content (AvgIpc) is 3.26. The topological polar surface area (TPSA) is 67.9 Å². The van der Waals surface area contributed by atoms with Gasteiger partial charge in [0.05, 0.1) is 22.2 Å². The molecule has 1 fully saturated rings. The predicted octanol–water partition coefficient (Wildman–Crippen LogP) is 8.60. The van der Waals surface area contributed by atoms with Gasteiger partial charge in [0, 0.05) is 15.7 Å². The number of nitrogens with zero attached hydrogens (tertiary/aromatic N) is 1. The molecule has 6 nitrogen and oxygen atoms in total. The van der Waals surface area contributed by atoms with Crippen LogP contribution in [-0.4, -0.2) is 23.2 Å². The van der Waals surface area contributed by atoms with Crippen LogP contribution < -0.4 is 19.7 Å². The van der Waals surface area contributed by atoms with E-state index < -0.39 is 11.7 Å². The van der Waals surface area contributed by atoms with Gasteiger partial charge >= 0.3 is 0 Å². The van der Waals surface area contributed by atoms with Crippen molar-refractivity contribution >= 4 is 89.4 Å². The zero-order valence-electron chi connectivity index (χ0n) is 21.9. The standard InChI is InChI=1S/C31H21Br2FN2O4S2/c1-39-26-14-19(13-25(33)28(26)40-17-18-5-7-21(32)8-6-18)15-27-30(38)36(31(41)42-27)24-4-2-3-20(16-24)29(37)35-23-11-9-22(34)10-12-23/h2-16H,17H2,1H3,(H,35,37)/b27-15+. The quantitative estimate of drug-likeness (QED) is 0.145. The number of thiocarbonyl (C=S) groups is 1. The van der Waals surface area contributed by atoms with E-state index in [1.54, 1.807) is 43.5 Å². The van der Waals surface area contributed by atoms with Crippen molar-refractivity contribution in [2.75, 3.05) is 17.3 Å². The lowest BCUT2D eigenvalue weighted by Gasteiger charge is -2.16. The Kier molecular flexibility index (Phi) is 9.42. The molecule has 4 aromatic rings. The SMILES string of the molecule is COc1cc(/C=C2/SC(=S)N(c3cccc(C(=O)Nc4ccc(F)cc4)c3)C2=O)cc(Br)c1OCc1ccc(Br)cc1. The molecule has 0 bridgehead atoms. The maximum Gasteiger partial charge on any atom is 0.270 e. The molecule has 0 spiro atoms. The first-order valence-corrected chi connectivity index (χ1v) is 15.2. The van der Waals surface area contributed by atoms with Gasteiger partial charge in [0.1, 0.15) is 12.4 Å². The fourth-order valence-corrected chi connectivity index (χ4v) is 6.20. The van der Waals surface area contributed by atoms with Crippen molar-refractivity contribution in [3.63, 3.8) is 0 Å². The van der Waals surface area contributed by atoms with E-state index in [9.17, 15) is 14.0 Å². The zero-order valence-corrected chi connectivity index (χ0v) is 26.7. The van der Waals surface area contributed by atoms with E-state index in [2.05, 4.69) is 37.2 Å². The highest BCUT2D eigenvalue weighted by atomic mass is 79.9. The van der Waals surface area contributed by atoms with E-state index >= 15 is 0 Å². The number of halogens is 3. The van der Waals surface area contributed by atoms with Crippen molar-refractivity contribution in [2.45, 2.75) is 6.61 Å². The Labute approximate surface area is 268 Å². The van der Waals surface area contributed by atoms with Crippen LogP contribution >= 0.6 is 55.8 Å². The van der Waals surface area contributed by atoms with Crippen LogP contribution in [0.25, 0.3) is 6.08 Å². The van der Waals surface area contributed by atoms with Gasteiger partial charge in [-0.15, -0.1) is 0 Å².